The quantitative estimate of drug-likeness (QED) is 0.521. The van der Waals surface area contributed by atoms with Crippen molar-refractivity contribution in [3.8, 4) is 0 Å². The minimum Gasteiger partial charge on any atom is -0.392 e. The number of hydrogen-bond acceptors (Lipinski definition) is 2. The lowest BCUT2D eigenvalue weighted by molar-refractivity contribution is 0.0444. The summed E-state index contributed by atoms with van der Waals surface area (Å²) in [5.74, 6) is 3.74. The van der Waals surface area contributed by atoms with E-state index in [1.807, 2.05) is 0 Å². The third-order valence-electron chi connectivity index (χ3n) is 11.4. The highest BCUT2D eigenvalue weighted by Crippen LogP contribution is 2.60. The molecule has 2 fully saturated rings. The molecule has 10 atom stereocenters. The molecule has 0 spiro atoms. The fraction of sp³-hybridized carbons (Fsp3) is 0.667. The highest BCUT2D eigenvalue weighted by atomic mass is 16.3. The first-order chi connectivity index (χ1) is 15.4. The zero-order valence-electron chi connectivity index (χ0n) is 19.6. The van der Waals surface area contributed by atoms with Crippen LogP contribution in [0, 0.1) is 34.5 Å². The SMILES string of the molecule is C[C@]12C=C[C@H]3c4cc5c(cc4CC[C@H]3[C@@H]1CC[C@@H]2O)[C@@H]1C=C[C@]2(C)[C@@H](O)CC[C@H]2[C@@H]1CC5. The van der Waals surface area contributed by atoms with Crippen molar-refractivity contribution in [2.75, 3.05) is 0 Å². The molecule has 0 heterocycles. The number of aliphatic hydroxyl groups excluding tert-OH is 2. The van der Waals surface area contributed by atoms with Gasteiger partial charge in [0, 0.05) is 22.7 Å². The Balaban J connectivity index is 1.27. The Hall–Kier alpha value is -1.38. The van der Waals surface area contributed by atoms with Gasteiger partial charge in [-0.15, -0.1) is 0 Å². The molecule has 2 heteroatoms. The van der Waals surface area contributed by atoms with Gasteiger partial charge in [0.25, 0.3) is 0 Å². The molecule has 6 aliphatic carbocycles. The van der Waals surface area contributed by atoms with Crippen LogP contribution >= 0.6 is 0 Å². The first-order valence-corrected chi connectivity index (χ1v) is 13.3. The molecule has 2 N–H and O–H groups in total. The first-order valence-electron chi connectivity index (χ1n) is 13.3. The molecule has 0 saturated heterocycles. The molecule has 0 aliphatic heterocycles. The van der Waals surface area contributed by atoms with Crippen LogP contribution in [-0.4, -0.2) is 22.4 Å². The summed E-state index contributed by atoms with van der Waals surface area (Å²) in [6.45, 7) is 4.60. The summed E-state index contributed by atoms with van der Waals surface area (Å²) in [6, 6.07) is 5.20. The van der Waals surface area contributed by atoms with Gasteiger partial charge in [0.2, 0.25) is 0 Å². The van der Waals surface area contributed by atoms with Crippen LogP contribution in [0.3, 0.4) is 0 Å². The minimum absolute atomic E-state index is 0.00844. The van der Waals surface area contributed by atoms with Crippen LogP contribution < -0.4 is 0 Å². The van der Waals surface area contributed by atoms with E-state index in [2.05, 4.69) is 50.3 Å². The van der Waals surface area contributed by atoms with E-state index in [-0.39, 0.29) is 23.0 Å². The summed E-state index contributed by atoms with van der Waals surface area (Å²) in [6.07, 6.45) is 18.6. The van der Waals surface area contributed by atoms with Gasteiger partial charge in [-0.1, -0.05) is 50.3 Å². The molecule has 170 valence electrons. The Kier molecular flexibility index (Phi) is 4.13. The zero-order valence-corrected chi connectivity index (χ0v) is 19.6. The van der Waals surface area contributed by atoms with Gasteiger partial charge >= 0.3 is 0 Å². The lowest BCUT2D eigenvalue weighted by atomic mass is 9.56. The monoisotopic (exact) mass is 430 g/mol. The van der Waals surface area contributed by atoms with Gasteiger partial charge in [0.05, 0.1) is 12.2 Å². The molecule has 0 bridgehead atoms. The maximum absolute atomic E-state index is 10.7. The summed E-state index contributed by atoms with van der Waals surface area (Å²) >= 11 is 0. The summed E-state index contributed by atoms with van der Waals surface area (Å²) in [5, 5.41) is 21.3. The standard InChI is InChI=1S/C30H38O2/c1-29-13-11-19-21(25(29)7-9-27(29)31)5-3-17-16-24-18(15-23(17)19)4-6-22-20(24)12-14-30(2)26(22)8-10-28(30)32/h11-16,19-22,25-28,31-32H,3-10H2,1-2H3/t19-,20-,21-,22-,25+,26+,27+,28+,29+,30+/m1/s1. The number of benzene rings is 1. The summed E-state index contributed by atoms with van der Waals surface area (Å²) in [7, 11) is 0. The van der Waals surface area contributed by atoms with Crippen molar-refractivity contribution in [2.45, 2.75) is 89.3 Å². The molecule has 6 aliphatic rings. The molecule has 1 aromatic rings. The molecule has 0 aromatic heterocycles. The molecular formula is C30H38O2. The minimum atomic E-state index is -0.163. The Morgan fingerprint density at radius 1 is 0.656 bits per heavy atom. The van der Waals surface area contributed by atoms with Crippen LogP contribution in [0.2, 0.25) is 0 Å². The fourth-order valence-corrected chi connectivity index (χ4v) is 9.50. The lowest BCUT2D eigenvalue weighted by Gasteiger charge is -2.48. The zero-order chi connectivity index (χ0) is 21.8. The summed E-state index contributed by atoms with van der Waals surface area (Å²) in [5.41, 5.74) is 6.35. The van der Waals surface area contributed by atoms with Gasteiger partial charge in [-0.05, 0) is 97.3 Å². The van der Waals surface area contributed by atoms with Crippen LogP contribution in [0.4, 0.5) is 0 Å². The van der Waals surface area contributed by atoms with E-state index in [9.17, 15) is 10.2 Å². The van der Waals surface area contributed by atoms with Crippen LogP contribution in [-0.2, 0) is 12.8 Å². The number of aliphatic hydroxyl groups is 2. The second-order valence-corrected chi connectivity index (χ2v) is 12.6. The Morgan fingerprint density at radius 3 is 1.53 bits per heavy atom. The van der Waals surface area contributed by atoms with E-state index in [0.717, 1.165) is 12.8 Å². The Bertz CT molecular complexity index is 940. The number of fused-ring (bicyclic) bond motifs is 10. The lowest BCUT2D eigenvalue weighted by Crippen LogP contribution is -2.42. The molecule has 0 amide bonds. The second-order valence-electron chi connectivity index (χ2n) is 12.6. The van der Waals surface area contributed by atoms with E-state index in [0.29, 0.717) is 35.5 Å². The molecule has 32 heavy (non-hydrogen) atoms. The maximum Gasteiger partial charge on any atom is 0.0631 e. The van der Waals surface area contributed by atoms with Crippen molar-refractivity contribution in [3.63, 3.8) is 0 Å². The summed E-state index contributed by atoms with van der Waals surface area (Å²) < 4.78 is 0. The molecule has 7 rings (SSSR count). The normalized spacial score (nSPS) is 50.1. The van der Waals surface area contributed by atoms with E-state index in [1.165, 1.54) is 38.5 Å². The van der Waals surface area contributed by atoms with Gasteiger partial charge < -0.3 is 10.2 Å². The van der Waals surface area contributed by atoms with Gasteiger partial charge in [-0.25, -0.2) is 0 Å². The van der Waals surface area contributed by atoms with Crippen LogP contribution in [0.25, 0.3) is 0 Å². The Labute approximate surface area is 192 Å². The van der Waals surface area contributed by atoms with Crippen molar-refractivity contribution < 1.29 is 10.2 Å². The smallest absolute Gasteiger partial charge is 0.0631 e. The third-order valence-corrected chi connectivity index (χ3v) is 11.4. The molecular weight excluding hydrogens is 392 g/mol. The number of allylic oxidation sites excluding steroid dienone is 2. The molecule has 2 nitrogen and oxygen atoms in total. The van der Waals surface area contributed by atoms with Crippen molar-refractivity contribution in [1.29, 1.82) is 0 Å². The average molecular weight is 431 g/mol. The fourth-order valence-electron chi connectivity index (χ4n) is 9.50. The number of aryl methyl sites for hydroxylation is 2. The highest BCUT2D eigenvalue weighted by Gasteiger charge is 2.54. The summed E-state index contributed by atoms with van der Waals surface area (Å²) in [4.78, 5) is 0. The van der Waals surface area contributed by atoms with Crippen molar-refractivity contribution in [2.24, 2.45) is 34.5 Å². The van der Waals surface area contributed by atoms with Gasteiger partial charge in [-0.2, -0.15) is 0 Å². The van der Waals surface area contributed by atoms with Crippen LogP contribution in [0.5, 0.6) is 0 Å². The largest absolute Gasteiger partial charge is 0.392 e. The molecule has 0 radical (unpaired) electrons. The number of rotatable bonds is 0. The van der Waals surface area contributed by atoms with E-state index in [4.69, 9.17) is 0 Å². The Morgan fingerprint density at radius 2 is 1.09 bits per heavy atom. The average Bonchev–Trinajstić information content (AvgIpc) is 3.27. The van der Waals surface area contributed by atoms with Crippen LogP contribution in [0.1, 0.15) is 86.5 Å². The second kappa shape index (κ2) is 6.60. The topological polar surface area (TPSA) is 40.5 Å². The van der Waals surface area contributed by atoms with Crippen molar-refractivity contribution in [3.05, 3.63) is 58.7 Å². The number of hydrogen-bond donors (Lipinski definition) is 2. The predicted molar refractivity (Wildman–Crippen MR) is 128 cm³/mol. The van der Waals surface area contributed by atoms with E-state index in [1.54, 1.807) is 22.3 Å². The first kappa shape index (κ1) is 20.0. The van der Waals surface area contributed by atoms with Gasteiger partial charge in [0.15, 0.2) is 0 Å². The van der Waals surface area contributed by atoms with Crippen molar-refractivity contribution >= 4 is 0 Å². The van der Waals surface area contributed by atoms with Crippen LogP contribution in [0.15, 0.2) is 36.4 Å². The predicted octanol–water partition coefficient (Wildman–Crippen LogP) is 5.67. The molecule has 2 saturated carbocycles. The third kappa shape index (κ3) is 2.44. The van der Waals surface area contributed by atoms with E-state index < -0.39 is 0 Å². The molecule has 1 aromatic carbocycles. The van der Waals surface area contributed by atoms with Gasteiger partial charge in [-0.3, -0.25) is 0 Å². The van der Waals surface area contributed by atoms with Crippen molar-refractivity contribution in [1.82, 2.24) is 0 Å². The highest BCUT2D eigenvalue weighted by molar-refractivity contribution is 5.49. The van der Waals surface area contributed by atoms with E-state index >= 15 is 0 Å². The molecule has 0 unspecified atom stereocenters. The van der Waals surface area contributed by atoms with Gasteiger partial charge in [0.1, 0.15) is 0 Å². The maximum atomic E-state index is 10.7.